The Hall–Kier alpha value is -1.32. The summed E-state index contributed by atoms with van der Waals surface area (Å²) in [5.74, 6) is -1.88. The van der Waals surface area contributed by atoms with Crippen LogP contribution in [0.2, 0.25) is 0 Å². The minimum atomic E-state index is -0.853. The highest BCUT2D eigenvalue weighted by atomic mass is 16.4. The molecule has 1 fully saturated rings. The number of aliphatic carboxylic acids is 1. The molecule has 1 saturated carbocycles. The summed E-state index contributed by atoms with van der Waals surface area (Å²) in [5, 5.41) is 11.6. The van der Waals surface area contributed by atoms with Crippen molar-refractivity contribution in [2.24, 2.45) is 11.8 Å². The molecule has 2 atom stereocenters. The number of nitrogens with one attached hydrogen (secondary N) is 1. The van der Waals surface area contributed by atoms with Gasteiger partial charge in [0.1, 0.15) is 0 Å². The van der Waals surface area contributed by atoms with Crippen LogP contribution in [0.1, 0.15) is 25.7 Å². The summed E-state index contributed by atoms with van der Waals surface area (Å²) in [6, 6.07) is 0. The number of amides is 1. The molecule has 4 heteroatoms. The number of carboxylic acids is 1. The van der Waals surface area contributed by atoms with Gasteiger partial charge in [0.2, 0.25) is 5.91 Å². The van der Waals surface area contributed by atoms with Crippen LogP contribution in [0.4, 0.5) is 0 Å². The van der Waals surface area contributed by atoms with E-state index in [1.165, 1.54) is 0 Å². The van der Waals surface area contributed by atoms with Gasteiger partial charge in [0, 0.05) is 6.54 Å². The second-order valence-electron chi connectivity index (χ2n) is 3.87. The molecule has 4 nitrogen and oxygen atoms in total. The lowest BCUT2D eigenvalue weighted by molar-refractivity contribution is -0.148. The van der Waals surface area contributed by atoms with E-state index in [0.29, 0.717) is 19.4 Å². The molecule has 2 unspecified atom stereocenters. The Morgan fingerprint density at radius 1 is 1.33 bits per heavy atom. The van der Waals surface area contributed by atoms with E-state index in [-0.39, 0.29) is 11.8 Å². The Kier molecular flexibility index (Phi) is 4.34. The van der Waals surface area contributed by atoms with E-state index in [0.717, 1.165) is 12.8 Å². The molecular weight excluding hydrogens is 194 g/mol. The number of rotatable bonds is 4. The normalized spacial score (nSPS) is 25.6. The highest BCUT2D eigenvalue weighted by molar-refractivity contribution is 5.84. The molecule has 1 amide bonds. The number of hydrogen-bond acceptors (Lipinski definition) is 2. The number of carbonyl (C=O) groups is 2. The molecule has 0 aromatic heterocycles. The highest BCUT2D eigenvalue weighted by Crippen LogP contribution is 2.30. The molecule has 0 aromatic rings. The zero-order valence-corrected chi connectivity index (χ0v) is 8.74. The summed E-state index contributed by atoms with van der Waals surface area (Å²) in [7, 11) is 0. The first kappa shape index (κ1) is 11.8. The maximum Gasteiger partial charge on any atom is 0.307 e. The summed E-state index contributed by atoms with van der Waals surface area (Å²) in [5.41, 5.74) is 0. The van der Waals surface area contributed by atoms with Gasteiger partial charge in [-0.1, -0.05) is 18.9 Å². The predicted molar refractivity (Wildman–Crippen MR) is 56.3 cm³/mol. The molecule has 84 valence electrons. The molecule has 2 N–H and O–H groups in total. The van der Waals surface area contributed by atoms with Gasteiger partial charge in [-0.3, -0.25) is 9.59 Å². The molecular formula is C11H17NO3. The molecule has 15 heavy (non-hydrogen) atoms. The zero-order chi connectivity index (χ0) is 11.3. The quantitative estimate of drug-likeness (QED) is 0.686. The number of carbonyl (C=O) groups excluding carboxylic acids is 1. The molecule has 0 saturated heterocycles. The lowest BCUT2D eigenvalue weighted by atomic mass is 9.79. The third kappa shape index (κ3) is 3.08. The first-order valence-corrected chi connectivity index (χ1v) is 5.28. The smallest absolute Gasteiger partial charge is 0.307 e. The van der Waals surface area contributed by atoms with Gasteiger partial charge in [0.05, 0.1) is 11.8 Å². The van der Waals surface area contributed by atoms with E-state index in [1.807, 2.05) is 0 Å². The third-order valence-electron chi connectivity index (χ3n) is 2.84. The molecule has 1 aliphatic rings. The average molecular weight is 211 g/mol. The van der Waals surface area contributed by atoms with Crippen molar-refractivity contribution in [3.8, 4) is 0 Å². The standard InChI is InChI=1S/C11H17NO3/c1-2-7-12-10(13)8-5-3-4-6-9(8)11(14)15/h2,8-9H,1,3-7H2,(H,12,13)(H,14,15). The van der Waals surface area contributed by atoms with Crippen LogP contribution in [0.25, 0.3) is 0 Å². The van der Waals surface area contributed by atoms with Gasteiger partial charge in [-0.2, -0.15) is 0 Å². The van der Waals surface area contributed by atoms with Gasteiger partial charge in [-0.05, 0) is 12.8 Å². The van der Waals surface area contributed by atoms with E-state index >= 15 is 0 Å². The average Bonchev–Trinajstić information content (AvgIpc) is 2.25. The molecule has 0 spiro atoms. The minimum Gasteiger partial charge on any atom is -0.481 e. The third-order valence-corrected chi connectivity index (χ3v) is 2.84. The maximum absolute atomic E-state index is 11.6. The van der Waals surface area contributed by atoms with E-state index < -0.39 is 11.9 Å². The van der Waals surface area contributed by atoms with Crippen LogP contribution in [-0.2, 0) is 9.59 Å². The Morgan fingerprint density at radius 3 is 2.47 bits per heavy atom. The first-order chi connectivity index (χ1) is 7.16. The molecule has 0 aliphatic heterocycles. The van der Waals surface area contributed by atoms with Crippen molar-refractivity contribution < 1.29 is 14.7 Å². The predicted octanol–water partition coefficient (Wildman–Crippen LogP) is 1.18. The Morgan fingerprint density at radius 2 is 1.93 bits per heavy atom. The lowest BCUT2D eigenvalue weighted by Gasteiger charge is -2.27. The van der Waals surface area contributed by atoms with Crippen molar-refractivity contribution >= 4 is 11.9 Å². The number of carboxylic acid groups (broad SMARTS) is 1. The van der Waals surface area contributed by atoms with Gasteiger partial charge < -0.3 is 10.4 Å². The molecule has 0 heterocycles. The van der Waals surface area contributed by atoms with Crippen LogP contribution >= 0.6 is 0 Å². The first-order valence-electron chi connectivity index (χ1n) is 5.28. The van der Waals surface area contributed by atoms with E-state index in [9.17, 15) is 9.59 Å². The summed E-state index contributed by atoms with van der Waals surface area (Å²) in [4.78, 5) is 22.6. The second kappa shape index (κ2) is 5.53. The van der Waals surface area contributed by atoms with Crippen LogP contribution in [-0.4, -0.2) is 23.5 Å². The summed E-state index contributed by atoms with van der Waals surface area (Å²) in [6.07, 6.45) is 4.73. The van der Waals surface area contributed by atoms with Crippen molar-refractivity contribution in [2.45, 2.75) is 25.7 Å². The van der Waals surface area contributed by atoms with Crippen LogP contribution in [0.5, 0.6) is 0 Å². The van der Waals surface area contributed by atoms with Gasteiger partial charge >= 0.3 is 5.97 Å². The minimum absolute atomic E-state index is 0.151. The summed E-state index contributed by atoms with van der Waals surface area (Å²) >= 11 is 0. The summed E-state index contributed by atoms with van der Waals surface area (Å²) in [6.45, 7) is 3.91. The van der Waals surface area contributed by atoms with E-state index in [1.54, 1.807) is 6.08 Å². The number of hydrogen-bond donors (Lipinski definition) is 2. The van der Waals surface area contributed by atoms with Crippen molar-refractivity contribution in [1.82, 2.24) is 5.32 Å². The Balaban J connectivity index is 2.58. The van der Waals surface area contributed by atoms with Crippen LogP contribution in [0, 0.1) is 11.8 Å². The lowest BCUT2D eigenvalue weighted by Crippen LogP contribution is -2.39. The van der Waals surface area contributed by atoms with Gasteiger partial charge in [0.25, 0.3) is 0 Å². The fraction of sp³-hybridized carbons (Fsp3) is 0.636. The fourth-order valence-corrected chi connectivity index (χ4v) is 2.04. The summed E-state index contributed by atoms with van der Waals surface area (Å²) < 4.78 is 0. The van der Waals surface area contributed by atoms with Crippen molar-refractivity contribution in [3.05, 3.63) is 12.7 Å². The van der Waals surface area contributed by atoms with Crippen LogP contribution < -0.4 is 5.32 Å². The SMILES string of the molecule is C=CCNC(=O)C1CCCCC1C(=O)O. The van der Waals surface area contributed by atoms with Gasteiger partial charge in [-0.15, -0.1) is 6.58 Å². The second-order valence-corrected chi connectivity index (χ2v) is 3.87. The molecule has 0 radical (unpaired) electrons. The molecule has 1 aliphatic carbocycles. The molecule has 0 aromatic carbocycles. The molecule has 1 rings (SSSR count). The van der Waals surface area contributed by atoms with E-state index in [2.05, 4.69) is 11.9 Å². The van der Waals surface area contributed by atoms with Crippen molar-refractivity contribution in [2.75, 3.05) is 6.54 Å². The van der Waals surface area contributed by atoms with Crippen molar-refractivity contribution in [3.63, 3.8) is 0 Å². The zero-order valence-electron chi connectivity index (χ0n) is 8.74. The molecule has 0 bridgehead atoms. The van der Waals surface area contributed by atoms with E-state index in [4.69, 9.17) is 5.11 Å². The monoisotopic (exact) mass is 211 g/mol. The fourth-order valence-electron chi connectivity index (χ4n) is 2.04. The largest absolute Gasteiger partial charge is 0.481 e. The maximum atomic E-state index is 11.6. The topological polar surface area (TPSA) is 66.4 Å². The van der Waals surface area contributed by atoms with Gasteiger partial charge in [-0.25, -0.2) is 0 Å². The highest BCUT2D eigenvalue weighted by Gasteiger charge is 2.35. The van der Waals surface area contributed by atoms with Crippen molar-refractivity contribution in [1.29, 1.82) is 0 Å². The Bertz CT molecular complexity index is 263. The van der Waals surface area contributed by atoms with Crippen LogP contribution in [0.3, 0.4) is 0 Å². The Labute approximate surface area is 89.4 Å². The van der Waals surface area contributed by atoms with Gasteiger partial charge in [0.15, 0.2) is 0 Å². The van der Waals surface area contributed by atoms with Crippen LogP contribution in [0.15, 0.2) is 12.7 Å².